The number of hydrogen-bond donors (Lipinski definition) is 3. The van der Waals surface area contributed by atoms with E-state index in [0.717, 1.165) is 10.2 Å². The van der Waals surface area contributed by atoms with Gasteiger partial charge in [0.05, 0.1) is 0 Å². The fourth-order valence-electron chi connectivity index (χ4n) is 1.72. The van der Waals surface area contributed by atoms with Crippen molar-refractivity contribution < 1.29 is 4.79 Å². The van der Waals surface area contributed by atoms with E-state index in [0.29, 0.717) is 6.42 Å². The van der Waals surface area contributed by atoms with Crippen LogP contribution in [0, 0.1) is 5.41 Å². The lowest BCUT2D eigenvalue weighted by Gasteiger charge is -2.29. The van der Waals surface area contributed by atoms with E-state index in [1.165, 1.54) is 0 Å². The van der Waals surface area contributed by atoms with Gasteiger partial charge in [-0.1, -0.05) is 71.5 Å². The van der Waals surface area contributed by atoms with Crippen molar-refractivity contribution in [3.05, 3.63) is 28.7 Å². The van der Waals surface area contributed by atoms with Crippen molar-refractivity contribution in [2.24, 2.45) is 5.41 Å². The second-order valence-corrected chi connectivity index (χ2v) is 10.1. The Kier molecular flexibility index (Phi) is 8.07. The Bertz CT molecular complexity index is 585. The number of amides is 1. The van der Waals surface area contributed by atoms with Crippen LogP contribution in [0.15, 0.2) is 28.7 Å². The maximum Gasteiger partial charge on any atom is 0.228 e. The molecular formula is C15H19BrCl3N3OS. The fourth-order valence-corrected chi connectivity index (χ4v) is 2.55. The first-order chi connectivity index (χ1) is 10.9. The SMILES string of the molecule is CC(C)(C)CC(=O)N[C@H](NC(=S)Nc1ccc(Br)cc1)C(Cl)(Cl)Cl. The predicted octanol–water partition coefficient (Wildman–Crippen LogP) is 4.98. The van der Waals surface area contributed by atoms with Crippen LogP contribution in [0.1, 0.15) is 27.2 Å². The van der Waals surface area contributed by atoms with Crippen LogP contribution >= 0.6 is 63.0 Å². The maximum atomic E-state index is 12.1. The molecule has 0 aliphatic heterocycles. The molecule has 0 aliphatic carbocycles. The van der Waals surface area contributed by atoms with E-state index in [1.807, 2.05) is 45.0 Å². The van der Waals surface area contributed by atoms with E-state index in [-0.39, 0.29) is 16.4 Å². The summed E-state index contributed by atoms with van der Waals surface area (Å²) in [5.41, 5.74) is 0.582. The van der Waals surface area contributed by atoms with Crippen LogP contribution in [-0.2, 0) is 4.79 Å². The van der Waals surface area contributed by atoms with Gasteiger partial charge in [0, 0.05) is 16.6 Å². The molecule has 0 aromatic heterocycles. The van der Waals surface area contributed by atoms with Gasteiger partial charge in [0.2, 0.25) is 9.70 Å². The van der Waals surface area contributed by atoms with Gasteiger partial charge in [-0.05, 0) is 41.9 Å². The van der Waals surface area contributed by atoms with Gasteiger partial charge in [-0.2, -0.15) is 0 Å². The minimum absolute atomic E-state index is 0.182. The molecule has 0 saturated carbocycles. The quantitative estimate of drug-likeness (QED) is 0.326. The van der Waals surface area contributed by atoms with E-state index in [1.54, 1.807) is 0 Å². The van der Waals surface area contributed by atoms with Crippen molar-refractivity contribution in [2.75, 3.05) is 5.32 Å². The highest BCUT2D eigenvalue weighted by atomic mass is 79.9. The van der Waals surface area contributed by atoms with E-state index in [9.17, 15) is 4.79 Å². The van der Waals surface area contributed by atoms with Gasteiger partial charge in [-0.25, -0.2) is 0 Å². The van der Waals surface area contributed by atoms with E-state index in [2.05, 4.69) is 31.9 Å². The molecular weight excluding hydrogens is 457 g/mol. The molecule has 0 fully saturated rings. The van der Waals surface area contributed by atoms with Gasteiger partial charge in [-0.3, -0.25) is 4.79 Å². The van der Waals surface area contributed by atoms with Crippen molar-refractivity contribution in [2.45, 2.75) is 37.2 Å². The Morgan fingerprint density at radius 2 is 1.71 bits per heavy atom. The summed E-state index contributed by atoms with van der Waals surface area (Å²) in [4.78, 5) is 12.1. The number of alkyl halides is 3. The number of benzene rings is 1. The molecule has 1 aromatic rings. The van der Waals surface area contributed by atoms with Gasteiger partial charge >= 0.3 is 0 Å². The molecule has 0 unspecified atom stereocenters. The highest BCUT2D eigenvalue weighted by Crippen LogP contribution is 2.29. The zero-order chi connectivity index (χ0) is 18.5. The molecule has 24 heavy (non-hydrogen) atoms. The maximum absolute atomic E-state index is 12.1. The summed E-state index contributed by atoms with van der Waals surface area (Å²) in [6.45, 7) is 5.85. The van der Waals surface area contributed by atoms with Crippen LogP contribution < -0.4 is 16.0 Å². The lowest BCUT2D eigenvalue weighted by Crippen LogP contribution is -2.56. The summed E-state index contributed by atoms with van der Waals surface area (Å²) in [5.74, 6) is -0.238. The van der Waals surface area contributed by atoms with Crippen molar-refractivity contribution >= 4 is 79.7 Å². The molecule has 1 rings (SSSR count). The van der Waals surface area contributed by atoms with Crippen LogP contribution in [0.2, 0.25) is 0 Å². The number of rotatable bonds is 4. The smallest absolute Gasteiger partial charge is 0.228 e. The normalized spacial score (nSPS) is 13.1. The molecule has 134 valence electrons. The third-order valence-electron chi connectivity index (χ3n) is 2.70. The van der Waals surface area contributed by atoms with Crippen LogP contribution in [0.4, 0.5) is 5.69 Å². The first-order valence-corrected chi connectivity index (χ1v) is 9.39. The van der Waals surface area contributed by atoms with Crippen molar-refractivity contribution in [3.8, 4) is 0 Å². The summed E-state index contributed by atoms with van der Waals surface area (Å²) in [5, 5.41) is 8.67. The summed E-state index contributed by atoms with van der Waals surface area (Å²) >= 11 is 26.4. The van der Waals surface area contributed by atoms with Gasteiger partial charge in [-0.15, -0.1) is 0 Å². The monoisotopic (exact) mass is 473 g/mol. The first kappa shape index (κ1) is 21.8. The standard InChI is InChI=1S/C15H19BrCl3N3OS/c1-14(2,3)8-11(23)21-12(15(17,18)19)22-13(24)20-10-6-4-9(16)5-7-10/h4-7,12H,8H2,1-3H3,(H,21,23)(H2,20,22,24)/t12-/m1/s1. The Balaban J connectivity index is 2.70. The Morgan fingerprint density at radius 3 is 2.17 bits per heavy atom. The largest absolute Gasteiger partial charge is 0.339 e. The number of carbonyl (C=O) groups is 1. The zero-order valence-electron chi connectivity index (χ0n) is 13.4. The molecule has 3 N–H and O–H groups in total. The molecule has 0 saturated heterocycles. The van der Waals surface area contributed by atoms with Crippen LogP contribution in [0.5, 0.6) is 0 Å². The molecule has 0 heterocycles. The highest BCUT2D eigenvalue weighted by Gasteiger charge is 2.35. The summed E-state index contributed by atoms with van der Waals surface area (Å²) in [7, 11) is 0. The van der Waals surface area contributed by atoms with Crippen LogP contribution in [0.25, 0.3) is 0 Å². The molecule has 1 atom stereocenters. The third kappa shape index (κ3) is 8.72. The van der Waals surface area contributed by atoms with E-state index >= 15 is 0 Å². The van der Waals surface area contributed by atoms with Gasteiger partial charge in [0.15, 0.2) is 5.11 Å². The Morgan fingerprint density at radius 1 is 1.17 bits per heavy atom. The zero-order valence-corrected chi connectivity index (χ0v) is 18.1. The summed E-state index contributed by atoms with van der Waals surface area (Å²) in [6.07, 6.45) is -0.674. The second kappa shape index (κ2) is 8.90. The fraction of sp³-hybridized carbons (Fsp3) is 0.467. The average molecular weight is 476 g/mol. The molecule has 0 bridgehead atoms. The average Bonchev–Trinajstić information content (AvgIpc) is 2.37. The molecule has 4 nitrogen and oxygen atoms in total. The number of halogens is 4. The number of hydrogen-bond acceptors (Lipinski definition) is 2. The van der Waals surface area contributed by atoms with Gasteiger partial charge in [0.1, 0.15) is 6.17 Å². The molecule has 9 heteroatoms. The van der Waals surface area contributed by atoms with Gasteiger partial charge < -0.3 is 16.0 Å². The van der Waals surface area contributed by atoms with E-state index in [4.69, 9.17) is 47.0 Å². The predicted molar refractivity (Wildman–Crippen MR) is 110 cm³/mol. The van der Waals surface area contributed by atoms with Crippen molar-refractivity contribution in [1.82, 2.24) is 10.6 Å². The highest BCUT2D eigenvalue weighted by molar-refractivity contribution is 9.10. The number of anilines is 1. The van der Waals surface area contributed by atoms with Crippen molar-refractivity contribution in [1.29, 1.82) is 0 Å². The minimum atomic E-state index is -1.76. The number of carbonyl (C=O) groups excluding carboxylic acids is 1. The molecule has 0 aliphatic rings. The van der Waals surface area contributed by atoms with Crippen LogP contribution in [-0.4, -0.2) is 21.0 Å². The summed E-state index contributed by atoms with van der Waals surface area (Å²) < 4.78 is -0.820. The molecule has 1 aromatic carbocycles. The second-order valence-electron chi connectivity index (χ2n) is 6.38. The Labute approximate surface area is 171 Å². The van der Waals surface area contributed by atoms with E-state index < -0.39 is 9.96 Å². The topological polar surface area (TPSA) is 53.2 Å². The lowest BCUT2D eigenvalue weighted by molar-refractivity contribution is -0.123. The molecule has 0 radical (unpaired) electrons. The Hall–Kier alpha value is -0.270. The molecule has 1 amide bonds. The number of thiocarbonyl (C=S) groups is 1. The lowest BCUT2D eigenvalue weighted by atomic mass is 9.92. The van der Waals surface area contributed by atoms with Crippen molar-refractivity contribution in [3.63, 3.8) is 0 Å². The summed E-state index contributed by atoms with van der Waals surface area (Å²) in [6, 6.07) is 7.39. The minimum Gasteiger partial charge on any atom is -0.339 e. The first-order valence-electron chi connectivity index (χ1n) is 7.06. The third-order valence-corrected chi connectivity index (χ3v) is 4.10. The van der Waals surface area contributed by atoms with Crippen LogP contribution in [0.3, 0.4) is 0 Å². The van der Waals surface area contributed by atoms with Gasteiger partial charge in [0.25, 0.3) is 0 Å². The number of nitrogens with one attached hydrogen (secondary N) is 3. The molecule has 0 spiro atoms.